The van der Waals surface area contributed by atoms with E-state index >= 15 is 0 Å². The minimum atomic E-state index is -0.928. The zero-order valence-electron chi connectivity index (χ0n) is 9.28. The highest BCUT2D eigenvalue weighted by Crippen LogP contribution is 2.25. The molecule has 1 unspecified atom stereocenters. The van der Waals surface area contributed by atoms with Crippen LogP contribution in [0.3, 0.4) is 0 Å². The van der Waals surface area contributed by atoms with Gasteiger partial charge in [0.15, 0.2) is 0 Å². The molecule has 0 bridgehead atoms. The molecule has 0 radical (unpaired) electrons. The van der Waals surface area contributed by atoms with Gasteiger partial charge in [-0.25, -0.2) is 4.39 Å². The Morgan fingerprint density at radius 1 is 1.39 bits per heavy atom. The molecule has 5 heteroatoms. The minimum absolute atomic E-state index is 0.127. The van der Waals surface area contributed by atoms with Gasteiger partial charge in [-0.3, -0.25) is 4.98 Å². The van der Waals surface area contributed by atoms with Crippen molar-refractivity contribution in [3.05, 3.63) is 63.1 Å². The van der Waals surface area contributed by atoms with Gasteiger partial charge in [0.05, 0.1) is 10.7 Å². The molecule has 1 atom stereocenters. The number of aliphatic hydroxyl groups is 1. The first kappa shape index (κ1) is 13.5. The Morgan fingerprint density at radius 2 is 2.17 bits per heavy atom. The molecule has 94 valence electrons. The zero-order chi connectivity index (χ0) is 13.1. The SMILES string of the molecule is OC(Cc1cc(Br)ccc1F)c1ncccc1Cl. The van der Waals surface area contributed by atoms with E-state index in [-0.39, 0.29) is 12.2 Å². The number of nitrogens with zero attached hydrogens (tertiary/aromatic N) is 1. The molecule has 2 aromatic rings. The smallest absolute Gasteiger partial charge is 0.126 e. The van der Waals surface area contributed by atoms with Crippen LogP contribution in [0.15, 0.2) is 41.0 Å². The van der Waals surface area contributed by atoms with Gasteiger partial charge in [0.2, 0.25) is 0 Å². The van der Waals surface area contributed by atoms with Gasteiger partial charge in [-0.1, -0.05) is 27.5 Å². The predicted molar refractivity (Wildman–Crippen MR) is 72.0 cm³/mol. The van der Waals surface area contributed by atoms with Gasteiger partial charge in [0.25, 0.3) is 0 Å². The van der Waals surface area contributed by atoms with Gasteiger partial charge in [-0.2, -0.15) is 0 Å². The Bertz CT molecular complexity index is 564. The standard InChI is InChI=1S/C13H10BrClFNO/c14-9-3-4-11(16)8(6-9)7-12(18)13-10(15)2-1-5-17-13/h1-6,12,18H,7H2. The number of aliphatic hydroxyl groups excluding tert-OH is 1. The van der Waals surface area contributed by atoms with E-state index in [1.165, 1.54) is 6.07 Å². The van der Waals surface area contributed by atoms with Crippen molar-refractivity contribution in [3.63, 3.8) is 0 Å². The summed E-state index contributed by atoms with van der Waals surface area (Å²) in [7, 11) is 0. The summed E-state index contributed by atoms with van der Waals surface area (Å²) in [5.41, 5.74) is 0.775. The molecule has 0 aliphatic carbocycles. The van der Waals surface area contributed by atoms with Gasteiger partial charge in [-0.05, 0) is 35.9 Å². The maximum atomic E-state index is 13.6. The molecule has 0 aliphatic rings. The molecular formula is C13H10BrClFNO. The third-order valence-corrected chi connectivity index (χ3v) is 3.34. The molecule has 0 amide bonds. The van der Waals surface area contributed by atoms with Gasteiger partial charge < -0.3 is 5.11 Å². The first-order chi connectivity index (χ1) is 8.58. The van der Waals surface area contributed by atoms with Crippen LogP contribution in [-0.4, -0.2) is 10.1 Å². The fourth-order valence-corrected chi connectivity index (χ4v) is 2.30. The summed E-state index contributed by atoms with van der Waals surface area (Å²) < 4.78 is 14.3. The van der Waals surface area contributed by atoms with Gasteiger partial charge in [-0.15, -0.1) is 0 Å². The fourth-order valence-electron chi connectivity index (χ4n) is 1.65. The normalized spacial score (nSPS) is 12.4. The van der Waals surface area contributed by atoms with E-state index in [1.54, 1.807) is 30.5 Å². The Kier molecular flexibility index (Phi) is 4.32. The molecule has 1 aromatic heterocycles. The summed E-state index contributed by atoms with van der Waals surface area (Å²) in [4.78, 5) is 4.01. The number of hydrogen-bond acceptors (Lipinski definition) is 2. The lowest BCUT2D eigenvalue weighted by Crippen LogP contribution is -2.06. The van der Waals surface area contributed by atoms with Crippen LogP contribution < -0.4 is 0 Å². The molecule has 1 N–H and O–H groups in total. The van der Waals surface area contributed by atoms with E-state index in [2.05, 4.69) is 20.9 Å². The third kappa shape index (κ3) is 3.07. The van der Waals surface area contributed by atoms with Crippen molar-refractivity contribution in [1.29, 1.82) is 0 Å². The molecule has 0 saturated heterocycles. The quantitative estimate of drug-likeness (QED) is 0.925. The summed E-state index contributed by atoms with van der Waals surface area (Å²) >= 11 is 9.20. The molecule has 1 heterocycles. The molecule has 1 aromatic carbocycles. The molecular weight excluding hydrogens is 321 g/mol. The van der Waals surface area contributed by atoms with E-state index in [1.807, 2.05) is 0 Å². The van der Waals surface area contributed by atoms with Crippen LogP contribution in [0.4, 0.5) is 4.39 Å². The van der Waals surface area contributed by atoms with Crippen LogP contribution in [0.1, 0.15) is 17.4 Å². The van der Waals surface area contributed by atoms with E-state index in [4.69, 9.17) is 11.6 Å². The maximum Gasteiger partial charge on any atom is 0.126 e. The number of pyridine rings is 1. The second-order valence-electron chi connectivity index (χ2n) is 3.83. The van der Waals surface area contributed by atoms with Crippen LogP contribution in [0.25, 0.3) is 0 Å². The minimum Gasteiger partial charge on any atom is -0.386 e. The summed E-state index contributed by atoms with van der Waals surface area (Å²) in [6, 6.07) is 7.92. The van der Waals surface area contributed by atoms with Gasteiger partial charge in [0, 0.05) is 17.1 Å². The van der Waals surface area contributed by atoms with Crippen LogP contribution in [0, 0.1) is 5.82 Å². The number of benzene rings is 1. The van der Waals surface area contributed by atoms with Crippen LogP contribution in [0.5, 0.6) is 0 Å². The summed E-state index contributed by atoms with van der Waals surface area (Å²) in [6.07, 6.45) is 0.742. The molecule has 0 fully saturated rings. The molecule has 0 spiro atoms. The van der Waals surface area contributed by atoms with Crippen molar-refractivity contribution in [2.24, 2.45) is 0 Å². The monoisotopic (exact) mass is 329 g/mol. The van der Waals surface area contributed by atoms with E-state index < -0.39 is 6.10 Å². The second-order valence-corrected chi connectivity index (χ2v) is 5.15. The van der Waals surface area contributed by atoms with E-state index in [0.717, 1.165) is 4.47 Å². The molecule has 0 aliphatic heterocycles. The highest BCUT2D eigenvalue weighted by Gasteiger charge is 2.15. The van der Waals surface area contributed by atoms with Crippen molar-refractivity contribution in [1.82, 2.24) is 4.98 Å². The van der Waals surface area contributed by atoms with Crippen LogP contribution in [-0.2, 0) is 6.42 Å². The highest BCUT2D eigenvalue weighted by molar-refractivity contribution is 9.10. The van der Waals surface area contributed by atoms with Gasteiger partial charge >= 0.3 is 0 Å². The Balaban J connectivity index is 2.24. The van der Waals surface area contributed by atoms with Crippen molar-refractivity contribution in [2.45, 2.75) is 12.5 Å². The first-order valence-electron chi connectivity index (χ1n) is 5.30. The van der Waals surface area contributed by atoms with Crippen LogP contribution >= 0.6 is 27.5 Å². The maximum absolute atomic E-state index is 13.6. The van der Waals surface area contributed by atoms with Crippen molar-refractivity contribution in [2.75, 3.05) is 0 Å². The Labute approximate surface area is 118 Å². The summed E-state index contributed by atoms with van der Waals surface area (Å²) in [5.74, 6) is -0.357. The van der Waals surface area contributed by atoms with Crippen LogP contribution in [0.2, 0.25) is 5.02 Å². The first-order valence-corrected chi connectivity index (χ1v) is 6.47. The summed E-state index contributed by atoms with van der Waals surface area (Å²) in [6.45, 7) is 0. The zero-order valence-corrected chi connectivity index (χ0v) is 11.6. The van der Waals surface area contributed by atoms with Crippen molar-refractivity contribution in [3.8, 4) is 0 Å². The number of hydrogen-bond donors (Lipinski definition) is 1. The fraction of sp³-hybridized carbons (Fsp3) is 0.154. The van der Waals surface area contributed by atoms with Crippen molar-refractivity contribution < 1.29 is 9.50 Å². The van der Waals surface area contributed by atoms with Gasteiger partial charge in [0.1, 0.15) is 11.9 Å². The highest BCUT2D eigenvalue weighted by atomic mass is 79.9. The Hall–Kier alpha value is -0.970. The molecule has 18 heavy (non-hydrogen) atoms. The molecule has 2 rings (SSSR count). The van der Waals surface area contributed by atoms with Crippen molar-refractivity contribution >= 4 is 27.5 Å². The number of halogens is 3. The van der Waals surface area contributed by atoms with E-state index in [9.17, 15) is 9.50 Å². The molecule has 2 nitrogen and oxygen atoms in total. The summed E-state index contributed by atoms with van der Waals surface area (Å²) in [5, 5.41) is 10.4. The topological polar surface area (TPSA) is 33.1 Å². The van der Waals surface area contributed by atoms with E-state index in [0.29, 0.717) is 16.3 Å². The number of rotatable bonds is 3. The average Bonchev–Trinajstić information content (AvgIpc) is 2.34. The molecule has 0 saturated carbocycles. The lowest BCUT2D eigenvalue weighted by molar-refractivity contribution is 0.172. The third-order valence-electron chi connectivity index (χ3n) is 2.52. The predicted octanol–water partition coefficient (Wildman–Crippen LogP) is 3.91. The Morgan fingerprint density at radius 3 is 2.89 bits per heavy atom. The largest absolute Gasteiger partial charge is 0.386 e. The average molecular weight is 331 g/mol. The second kappa shape index (κ2) is 5.78. The lowest BCUT2D eigenvalue weighted by Gasteiger charge is -2.12. The number of aromatic nitrogens is 1. The lowest BCUT2D eigenvalue weighted by atomic mass is 10.0.